The van der Waals surface area contributed by atoms with Crippen LogP contribution in [0.5, 0.6) is 0 Å². The normalized spacial score (nSPS) is 17.5. The number of rotatable bonds is 4. The number of pyridine rings is 1. The van der Waals surface area contributed by atoms with Gasteiger partial charge in [-0.3, -0.25) is 14.5 Å². The van der Waals surface area contributed by atoms with Crippen molar-refractivity contribution in [3.05, 3.63) is 64.3 Å². The van der Waals surface area contributed by atoms with E-state index in [1.165, 1.54) is 22.9 Å². The Bertz CT molecular complexity index is 1280. The third-order valence-corrected chi connectivity index (χ3v) is 7.44. The van der Waals surface area contributed by atoms with Crippen molar-refractivity contribution in [2.45, 2.75) is 31.6 Å². The number of aromatic nitrogens is 3. The molecule has 3 N–H and O–H groups in total. The van der Waals surface area contributed by atoms with Gasteiger partial charge in [-0.2, -0.15) is 5.10 Å². The number of aryl methyl sites for hydroxylation is 1. The van der Waals surface area contributed by atoms with Crippen LogP contribution in [-0.4, -0.2) is 33.8 Å². The van der Waals surface area contributed by atoms with Gasteiger partial charge >= 0.3 is 0 Å². The molecular formula is C24H24ClF3N6O. The fraction of sp³-hybridized carbons (Fsp3) is 0.375. The molecule has 1 spiro atoms. The van der Waals surface area contributed by atoms with Gasteiger partial charge in [0, 0.05) is 37.2 Å². The maximum Gasteiger partial charge on any atom is 0.261 e. The van der Waals surface area contributed by atoms with Crippen LogP contribution in [0.4, 0.5) is 30.4 Å². The molecule has 184 valence electrons. The predicted molar refractivity (Wildman–Crippen MR) is 127 cm³/mol. The monoisotopic (exact) mass is 504 g/mol. The van der Waals surface area contributed by atoms with Gasteiger partial charge in [0.2, 0.25) is 0 Å². The minimum absolute atomic E-state index is 0.0186. The fourth-order valence-corrected chi connectivity index (χ4v) is 5.47. The summed E-state index contributed by atoms with van der Waals surface area (Å²) in [4.78, 5) is 18.4. The lowest BCUT2D eigenvalue weighted by Gasteiger charge is -2.54. The minimum Gasteiger partial charge on any atom is -0.383 e. The van der Waals surface area contributed by atoms with Crippen LogP contribution in [0.3, 0.4) is 0 Å². The molecule has 1 amide bonds. The first kappa shape index (κ1) is 23.5. The van der Waals surface area contributed by atoms with Gasteiger partial charge in [0.15, 0.2) is 11.6 Å². The molecule has 1 aromatic carbocycles. The number of carbonyl (C=O) groups is 1. The van der Waals surface area contributed by atoms with E-state index >= 15 is 0 Å². The largest absolute Gasteiger partial charge is 0.383 e. The highest BCUT2D eigenvalue weighted by molar-refractivity contribution is 6.31. The average Bonchev–Trinajstić information content (AvgIpc) is 3.09. The highest BCUT2D eigenvalue weighted by Crippen LogP contribution is 2.50. The molecule has 1 saturated carbocycles. The van der Waals surface area contributed by atoms with Gasteiger partial charge in [-0.25, -0.2) is 13.2 Å². The second-order valence-corrected chi connectivity index (χ2v) is 9.84. The molecule has 1 aliphatic carbocycles. The van der Waals surface area contributed by atoms with E-state index in [2.05, 4.69) is 15.4 Å². The SMILES string of the molecule is Cn1nc(C2CCC3(CC2)CN(c2c(F)cncc2F)C3)c(C(=O)Nc2ccc(F)c(Cl)c2)c1N. The number of nitrogens with zero attached hydrogens (tertiary/aromatic N) is 4. The van der Waals surface area contributed by atoms with Crippen molar-refractivity contribution < 1.29 is 18.0 Å². The zero-order valence-corrected chi connectivity index (χ0v) is 19.7. The first-order chi connectivity index (χ1) is 16.7. The third-order valence-electron chi connectivity index (χ3n) is 7.15. The molecule has 2 aliphatic rings. The van der Waals surface area contributed by atoms with Crippen molar-refractivity contribution in [2.75, 3.05) is 29.0 Å². The van der Waals surface area contributed by atoms with Crippen LogP contribution in [0.2, 0.25) is 5.02 Å². The van der Waals surface area contributed by atoms with Gasteiger partial charge in [0.1, 0.15) is 22.9 Å². The lowest BCUT2D eigenvalue weighted by molar-refractivity contribution is 0.102. The average molecular weight is 505 g/mol. The zero-order chi connectivity index (χ0) is 24.9. The van der Waals surface area contributed by atoms with Crippen LogP contribution in [0, 0.1) is 22.9 Å². The Morgan fingerprint density at radius 1 is 1.14 bits per heavy atom. The van der Waals surface area contributed by atoms with E-state index < -0.39 is 23.4 Å². The van der Waals surface area contributed by atoms with Crippen LogP contribution in [0.15, 0.2) is 30.6 Å². The zero-order valence-electron chi connectivity index (χ0n) is 19.0. The van der Waals surface area contributed by atoms with Crippen molar-refractivity contribution in [3.8, 4) is 0 Å². The number of halogens is 4. The van der Waals surface area contributed by atoms with Gasteiger partial charge in [-0.05, 0) is 43.9 Å². The lowest BCUT2D eigenvalue weighted by atomic mass is 9.65. The van der Waals surface area contributed by atoms with Crippen molar-refractivity contribution in [1.82, 2.24) is 14.8 Å². The van der Waals surface area contributed by atoms with Crippen LogP contribution >= 0.6 is 11.6 Å². The standard InChI is InChI=1S/C24H24ClF3N6O/c1-33-22(29)19(23(35)31-14-2-3-16(26)15(25)8-14)20(32-33)13-4-6-24(7-5-13)11-34(12-24)21-17(27)9-30-10-18(21)28/h2-3,8-10,13H,4-7,11-12,29H2,1H3,(H,31,35). The van der Waals surface area contributed by atoms with Crippen LogP contribution in [0.25, 0.3) is 0 Å². The number of nitrogen functional groups attached to an aromatic ring is 1. The Morgan fingerprint density at radius 2 is 1.80 bits per heavy atom. The summed E-state index contributed by atoms with van der Waals surface area (Å²) < 4.78 is 43.1. The number of nitrogens with one attached hydrogen (secondary N) is 1. The van der Waals surface area contributed by atoms with Crippen molar-refractivity contribution in [1.29, 1.82) is 0 Å². The first-order valence-electron chi connectivity index (χ1n) is 11.3. The van der Waals surface area contributed by atoms with Crippen LogP contribution in [0.1, 0.15) is 47.7 Å². The highest BCUT2D eigenvalue weighted by Gasteiger charge is 2.47. The molecule has 5 rings (SSSR count). The molecule has 2 aromatic heterocycles. The Kier molecular flexibility index (Phi) is 5.86. The molecule has 0 bridgehead atoms. The molecule has 1 saturated heterocycles. The second kappa shape index (κ2) is 8.75. The molecule has 3 heterocycles. The highest BCUT2D eigenvalue weighted by atomic mass is 35.5. The Balaban J connectivity index is 1.29. The van der Waals surface area contributed by atoms with Gasteiger partial charge in [0.25, 0.3) is 5.91 Å². The number of hydrogen-bond acceptors (Lipinski definition) is 5. The summed E-state index contributed by atoms with van der Waals surface area (Å²) in [6, 6.07) is 3.94. The first-order valence-corrected chi connectivity index (χ1v) is 11.7. The van der Waals surface area contributed by atoms with E-state index in [9.17, 15) is 18.0 Å². The molecular weight excluding hydrogens is 481 g/mol. The van der Waals surface area contributed by atoms with E-state index in [4.69, 9.17) is 17.3 Å². The van der Waals surface area contributed by atoms with Gasteiger partial charge < -0.3 is 16.0 Å². The molecule has 7 nitrogen and oxygen atoms in total. The quantitative estimate of drug-likeness (QED) is 0.528. The van der Waals surface area contributed by atoms with Crippen LogP contribution < -0.4 is 16.0 Å². The number of benzene rings is 1. The lowest BCUT2D eigenvalue weighted by Crippen LogP contribution is -2.58. The number of carbonyl (C=O) groups excluding carboxylic acids is 1. The van der Waals surface area contributed by atoms with E-state index in [0.29, 0.717) is 30.0 Å². The van der Waals surface area contributed by atoms with Crippen molar-refractivity contribution in [3.63, 3.8) is 0 Å². The van der Waals surface area contributed by atoms with Crippen molar-refractivity contribution in [2.24, 2.45) is 12.5 Å². The molecule has 3 aromatic rings. The van der Waals surface area contributed by atoms with Gasteiger partial charge in [0.05, 0.1) is 23.1 Å². The minimum atomic E-state index is -0.657. The number of amides is 1. The number of anilines is 3. The molecule has 0 unspecified atom stereocenters. The second-order valence-electron chi connectivity index (χ2n) is 9.43. The molecule has 11 heteroatoms. The summed E-state index contributed by atoms with van der Waals surface area (Å²) in [5, 5.41) is 7.16. The number of hydrogen-bond donors (Lipinski definition) is 2. The van der Waals surface area contributed by atoms with Crippen LogP contribution in [-0.2, 0) is 7.05 Å². The van der Waals surface area contributed by atoms with Crippen molar-refractivity contribution >= 4 is 34.7 Å². The molecule has 0 radical (unpaired) electrons. The Hall–Kier alpha value is -3.27. The Labute approximate surface area is 205 Å². The molecule has 0 atom stereocenters. The fourth-order valence-electron chi connectivity index (χ4n) is 5.29. The summed E-state index contributed by atoms with van der Waals surface area (Å²) in [5.74, 6) is -2.07. The maximum atomic E-state index is 14.1. The Morgan fingerprint density at radius 3 is 2.43 bits per heavy atom. The summed E-state index contributed by atoms with van der Waals surface area (Å²) in [5.41, 5.74) is 7.41. The third kappa shape index (κ3) is 4.20. The molecule has 1 aliphatic heterocycles. The van der Waals surface area contributed by atoms with E-state index in [0.717, 1.165) is 38.1 Å². The van der Waals surface area contributed by atoms with E-state index in [1.54, 1.807) is 11.9 Å². The topological polar surface area (TPSA) is 89.1 Å². The predicted octanol–water partition coefficient (Wildman–Crippen LogP) is 4.88. The van der Waals surface area contributed by atoms with Gasteiger partial charge in [-0.15, -0.1) is 0 Å². The smallest absolute Gasteiger partial charge is 0.261 e. The summed E-state index contributed by atoms with van der Waals surface area (Å²) in [6.45, 7) is 1.14. The summed E-state index contributed by atoms with van der Waals surface area (Å²) in [6.07, 6.45) is 5.28. The molecule has 2 fully saturated rings. The van der Waals surface area contributed by atoms with E-state index in [-0.39, 0.29) is 27.9 Å². The molecule has 35 heavy (non-hydrogen) atoms. The number of nitrogens with two attached hydrogens (primary N) is 1. The summed E-state index contributed by atoms with van der Waals surface area (Å²) in [7, 11) is 1.68. The van der Waals surface area contributed by atoms with Gasteiger partial charge in [-0.1, -0.05) is 11.6 Å². The van der Waals surface area contributed by atoms with E-state index in [1.807, 2.05) is 0 Å². The summed E-state index contributed by atoms with van der Waals surface area (Å²) >= 11 is 5.83. The maximum absolute atomic E-state index is 14.1.